The molecule has 0 bridgehead atoms. The van der Waals surface area contributed by atoms with Gasteiger partial charge in [0.25, 0.3) is 0 Å². The molecule has 1 N–H and O–H groups in total. The zero-order chi connectivity index (χ0) is 17.4. The number of piperidine rings is 1. The number of fused-ring (bicyclic) bond motifs is 3. The molecule has 2 atom stereocenters. The number of hydrogen-bond acceptors (Lipinski definition) is 3. The van der Waals surface area contributed by atoms with Crippen molar-refractivity contribution in [3.63, 3.8) is 0 Å². The van der Waals surface area contributed by atoms with Crippen LogP contribution < -0.4 is 10.1 Å². The van der Waals surface area contributed by atoms with E-state index in [1.54, 1.807) is 18.9 Å². The minimum absolute atomic E-state index is 0.0646. The highest BCUT2D eigenvalue weighted by atomic mass is 32.2. The summed E-state index contributed by atoms with van der Waals surface area (Å²) in [5, 5.41) is 3.21. The van der Waals surface area contributed by atoms with Crippen LogP contribution in [0.5, 0.6) is 5.75 Å². The Bertz CT molecular complexity index is 819. The SMILES string of the molecule is COc1ccccc1Sc1ccc2c(c1)CC[C@H]1NC(=O)CC[C@]21C. The van der Waals surface area contributed by atoms with E-state index in [0.29, 0.717) is 6.42 Å². The molecule has 4 heteroatoms. The minimum Gasteiger partial charge on any atom is -0.496 e. The molecule has 0 saturated carbocycles. The summed E-state index contributed by atoms with van der Waals surface area (Å²) in [5.41, 5.74) is 2.90. The van der Waals surface area contributed by atoms with Crippen molar-refractivity contribution in [2.45, 2.75) is 53.9 Å². The van der Waals surface area contributed by atoms with E-state index in [-0.39, 0.29) is 17.4 Å². The van der Waals surface area contributed by atoms with Crippen molar-refractivity contribution < 1.29 is 9.53 Å². The molecule has 1 aliphatic carbocycles. The molecule has 0 radical (unpaired) electrons. The smallest absolute Gasteiger partial charge is 0.220 e. The summed E-state index contributed by atoms with van der Waals surface area (Å²) in [6.07, 6.45) is 3.62. The van der Waals surface area contributed by atoms with Crippen molar-refractivity contribution in [1.82, 2.24) is 5.32 Å². The summed E-state index contributed by atoms with van der Waals surface area (Å²) in [5.74, 6) is 1.11. The van der Waals surface area contributed by atoms with Crippen LogP contribution in [0, 0.1) is 0 Å². The lowest BCUT2D eigenvalue weighted by Gasteiger charge is -2.46. The van der Waals surface area contributed by atoms with Gasteiger partial charge < -0.3 is 10.1 Å². The minimum atomic E-state index is 0.0646. The second-order valence-corrected chi connectivity index (χ2v) is 8.26. The topological polar surface area (TPSA) is 38.3 Å². The summed E-state index contributed by atoms with van der Waals surface area (Å²) in [4.78, 5) is 14.1. The summed E-state index contributed by atoms with van der Waals surface area (Å²) in [7, 11) is 1.71. The zero-order valence-electron chi connectivity index (χ0n) is 14.7. The number of ether oxygens (including phenoxy) is 1. The van der Waals surface area contributed by atoms with Gasteiger partial charge >= 0.3 is 0 Å². The highest BCUT2D eigenvalue weighted by molar-refractivity contribution is 7.99. The van der Waals surface area contributed by atoms with Crippen molar-refractivity contribution in [3.05, 3.63) is 53.6 Å². The molecule has 1 amide bonds. The van der Waals surface area contributed by atoms with E-state index in [0.717, 1.165) is 29.9 Å². The van der Waals surface area contributed by atoms with Gasteiger partial charge in [0, 0.05) is 22.8 Å². The lowest BCUT2D eigenvalue weighted by atomic mass is 9.64. The molecule has 2 aliphatic rings. The largest absolute Gasteiger partial charge is 0.496 e. The molecule has 2 aromatic carbocycles. The van der Waals surface area contributed by atoms with E-state index in [9.17, 15) is 4.79 Å². The maximum atomic E-state index is 11.8. The number of amides is 1. The van der Waals surface area contributed by atoms with Crippen LogP contribution in [0.25, 0.3) is 0 Å². The van der Waals surface area contributed by atoms with E-state index in [1.807, 2.05) is 18.2 Å². The van der Waals surface area contributed by atoms with Crippen molar-refractivity contribution >= 4 is 17.7 Å². The Morgan fingerprint density at radius 1 is 1.20 bits per heavy atom. The number of hydrogen-bond donors (Lipinski definition) is 1. The van der Waals surface area contributed by atoms with Gasteiger partial charge in [-0.1, -0.05) is 36.9 Å². The van der Waals surface area contributed by atoms with Gasteiger partial charge in [-0.15, -0.1) is 0 Å². The number of methoxy groups -OCH3 is 1. The molecule has 2 aromatic rings. The summed E-state index contributed by atoms with van der Waals surface area (Å²) < 4.78 is 5.47. The van der Waals surface area contributed by atoms with Gasteiger partial charge in [-0.2, -0.15) is 0 Å². The fourth-order valence-corrected chi connectivity index (χ4v) is 5.20. The maximum absolute atomic E-state index is 11.8. The van der Waals surface area contributed by atoms with E-state index < -0.39 is 0 Å². The first-order valence-electron chi connectivity index (χ1n) is 8.84. The second kappa shape index (κ2) is 6.41. The van der Waals surface area contributed by atoms with Gasteiger partial charge in [-0.25, -0.2) is 0 Å². The molecular weight excluding hydrogens is 330 g/mol. The third-order valence-corrected chi connectivity index (χ3v) is 6.71. The molecule has 130 valence electrons. The van der Waals surface area contributed by atoms with Gasteiger partial charge in [0.1, 0.15) is 5.75 Å². The van der Waals surface area contributed by atoms with Gasteiger partial charge in [-0.3, -0.25) is 4.79 Å². The normalized spacial score (nSPS) is 24.9. The number of aryl methyl sites for hydroxylation is 1. The quantitative estimate of drug-likeness (QED) is 0.893. The van der Waals surface area contributed by atoms with E-state index >= 15 is 0 Å². The fraction of sp³-hybridized carbons (Fsp3) is 0.381. The highest BCUT2D eigenvalue weighted by Gasteiger charge is 2.43. The highest BCUT2D eigenvalue weighted by Crippen LogP contribution is 2.44. The predicted molar refractivity (Wildman–Crippen MR) is 100 cm³/mol. The number of benzene rings is 2. The standard InChI is InChI=1S/C21H23NO2S/c1-21-12-11-20(23)22-19(21)10-7-14-13-15(8-9-16(14)21)25-18-6-4-3-5-17(18)24-2/h3-6,8-9,13,19H,7,10-12H2,1-2H3,(H,22,23)/t19-,21-/m1/s1. The summed E-state index contributed by atoms with van der Waals surface area (Å²) in [6, 6.07) is 15.2. The second-order valence-electron chi connectivity index (χ2n) is 7.15. The average Bonchev–Trinajstić information content (AvgIpc) is 2.63. The van der Waals surface area contributed by atoms with E-state index in [2.05, 4.69) is 36.5 Å². The molecule has 4 rings (SSSR count). The van der Waals surface area contributed by atoms with Crippen molar-refractivity contribution in [1.29, 1.82) is 0 Å². The molecule has 0 spiro atoms. The van der Waals surface area contributed by atoms with Gasteiger partial charge in [0.2, 0.25) is 5.91 Å². The van der Waals surface area contributed by atoms with Gasteiger partial charge in [0.05, 0.1) is 12.0 Å². The molecule has 1 fully saturated rings. The third-order valence-electron chi connectivity index (χ3n) is 5.67. The van der Waals surface area contributed by atoms with Crippen molar-refractivity contribution in [2.75, 3.05) is 7.11 Å². The van der Waals surface area contributed by atoms with Crippen LogP contribution >= 0.6 is 11.8 Å². The zero-order valence-corrected chi connectivity index (χ0v) is 15.5. The molecule has 0 aromatic heterocycles. The Hall–Kier alpha value is -1.94. The van der Waals surface area contributed by atoms with Gasteiger partial charge in [0.15, 0.2) is 0 Å². The van der Waals surface area contributed by atoms with Gasteiger partial charge in [-0.05, 0) is 54.7 Å². The monoisotopic (exact) mass is 353 g/mol. The van der Waals surface area contributed by atoms with Crippen LogP contribution in [0.3, 0.4) is 0 Å². The molecule has 0 unspecified atom stereocenters. The molecule has 1 aliphatic heterocycles. The molecule has 3 nitrogen and oxygen atoms in total. The number of rotatable bonds is 3. The third kappa shape index (κ3) is 2.93. The van der Waals surface area contributed by atoms with Crippen LogP contribution in [0.4, 0.5) is 0 Å². The number of para-hydroxylation sites is 1. The Labute approximate surface area is 153 Å². The van der Waals surface area contributed by atoms with Crippen LogP contribution in [0.15, 0.2) is 52.3 Å². The first-order valence-corrected chi connectivity index (χ1v) is 9.65. The molecular formula is C21H23NO2S. The first-order chi connectivity index (χ1) is 12.1. The van der Waals surface area contributed by atoms with Crippen molar-refractivity contribution in [2.24, 2.45) is 0 Å². The Kier molecular flexibility index (Phi) is 4.24. The number of nitrogens with one attached hydrogen (secondary N) is 1. The predicted octanol–water partition coefficient (Wildman–Crippen LogP) is 4.33. The summed E-state index contributed by atoms with van der Waals surface area (Å²) >= 11 is 1.75. The first kappa shape index (κ1) is 16.5. The number of carbonyl (C=O) groups excluding carboxylic acids is 1. The lowest BCUT2D eigenvalue weighted by molar-refractivity contribution is -0.125. The van der Waals surface area contributed by atoms with Crippen LogP contribution in [-0.4, -0.2) is 19.1 Å². The average molecular weight is 353 g/mol. The number of carbonyl (C=O) groups is 1. The Morgan fingerprint density at radius 3 is 2.88 bits per heavy atom. The lowest BCUT2D eigenvalue weighted by Crippen LogP contribution is -2.55. The molecule has 1 heterocycles. The van der Waals surface area contributed by atoms with E-state index in [1.165, 1.54) is 16.0 Å². The molecule has 25 heavy (non-hydrogen) atoms. The molecule has 1 saturated heterocycles. The van der Waals surface area contributed by atoms with Crippen LogP contribution in [0.1, 0.15) is 37.3 Å². The van der Waals surface area contributed by atoms with Crippen LogP contribution in [-0.2, 0) is 16.6 Å². The summed E-state index contributed by atoms with van der Waals surface area (Å²) in [6.45, 7) is 2.31. The van der Waals surface area contributed by atoms with Crippen molar-refractivity contribution in [3.8, 4) is 5.75 Å². The van der Waals surface area contributed by atoms with Crippen LogP contribution in [0.2, 0.25) is 0 Å². The fourth-order valence-electron chi connectivity index (χ4n) is 4.21. The van der Waals surface area contributed by atoms with E-state index in [4.69, 9.17) is 4.74 Å². The maximum Gasteiger partial charge on any atom is 0.220 e. The Morgan fingerprint density at radius 2 is 2.04 bits per heavy atom. The Balaban J connectivity index is 1.64.